The third-order valence-electron chi connectivity index (χ3n) is 23.4. The average molecular weight is 1730 g/mol. The maximum atomic E-state index is 16.2. The molecule has 0 spiro atoms. The van der Waals surface area contributed by atoms with E-state index < -0.39 is 106 Å². The Balaban J connectivity index is 1.11. The first-order valence-corrected chi connectivity index (χ1v) is 48.2. The Kier molecular flexibility index (Phi) is 48.3. The molecule has 4 N–H and O–H groups in total. The molecule has 2 saturated heterocycles. The molecule has 0 saturated carbocycles. The first-order valence-electron chi connectivity index (χ1n) is 46.8. The standard InChI is InChI=1S/C103H145N2O18P/c1-4-7-10-13-16-19-22-25-49-66-89(113-74-83-54-37-29-38-55-83)71-94(108)105-103(69-70-106)100(116-77-86-60-43-32-44-61-86)98(114-75-84-56-39-30-40-57-84)92(122-102(103)110)81-117-101-96(104-93(107)72-90(67-50-26-23-20-17-14-11-8-5-2)120-95(109)68-51-27-24-21-18-15-12-9-6-3)99(115-76-85-58-41-31-42-59-85)97(91(121-101)80-112-73-82-52-35-28-36-53-82)123-124(111,118-78-87-62-45-33-46-63-87)119-79-88-64-47-34-48-65-88/h28-48,52-65,89-92,96-102,106,110H,4-27,49-51,66-81H2,1-3H3,(H,104,107)(H,105,108)/t89-,90-,91-,92-,96-,97-,98-,99-,100+,101-,102+,103?/m1/s1. The molecule has 0 radical (unpaired) electrons. The van der Waals surface area contributed by atoms with Gasteiger partial charge in [0.2, 0.25) is 11.8 Å². The molecule has 2 fully saturated rings. The zero-order valence-electron chi connectivity index (χ0n) is 74.3. The van der Waals surface area contributed by atoms with Crippen molar-refractivity contribution < 1.29 is 85.4 Å². The number of carbonyl (C=O) groups excluding carboxylic acids is 3. The van der Waals surface area contributed by atoms with Crippen molar-refractivity contribution in [3.05, 3.63) is 251 Å². The Morgan fingerprint density at radius 3 is 1.24 bits per heavy atom. The molecule has 9 rings (SSSR count). The predicted octanol–water partition coefficient (Wildman–Crippen LogP) is 22.1. The van der Waals surface area contributed by atoms with Crippen LogP contribution in [0.4, 0.5) is 0 Å². The summed E-state index contributed by atoms with van der Waals surface area (Å²) in [4.78, 5) is 45.4. The summed E-state index contributed by atoms with van der Waals surface area (Å²) in [5.74, 6) is -1.38. The summed E-state index contributed by atoms with van der Waals surface area (Å²) in [6.07, 6.45) is 17.4. The van der Waals surface area contributed by atoms with E-state index in [0.717, 1.165) is 98.4 Å². The molecule has 2 aliphatic rings. The van der Waals surface area contributed by atoms with Crippen molar-refractivity contribution >= 4 is 25.6 Å². The van der Waals surface area contributed by atoms with Gasteiger partial charge in [0.1, 0.15) is 54.3 Å². The number of ether oxygens (including phenoxy) is 9. The highest BCUT2D eigenvalue weighted by atomic mass is 31.2. The van der Waals surface area contributed by atoms with E-state index in [2.05, 4.69) is 31.4 Å². The predicted molar refractivity (Wildman–Crippen MR) is 486 cm³/mol. The summed E-state index contributed by atoms with van der Waals surface area (Å²) in [6.45, 7) is 5.31. The normalized spacial score (nSPS) is 20.2. The second-order valence-corrected chi connectivity index (χ2v) is 35.2. The van der Waals surface area contributed by atoms with Crippen LogP contribution in [0, 0.1) is 0 Å². The molecule has 2 amide bonds. The lowest BCUT2D eigenvalue weighted by molar-refractivity contribution is -0.325. The Hall–Kier alpha value is -7.34. The molecule has 0 aliphatic carbocycles. The fourth-order valence-electron chi connectivity index (χ4n) is 16.3. The number of esters is 1. The van der Waals surface area contributed by atoms with Crippen LogP contribution in [0.3, 0.4) is 0 Å². The smallest absolute Gasteiger partial charge is 0.462 e. The summed E-state index contributed by atoms with van der Waals surface area (Å²) in [6, 6.07) is 65.2. The van der Waals surface area contributed by atoms with E-state index in [9.17, 15) is 15.0 Å². The van der Waals surface area contributed by atoms with Gasteiger partial charge in [-0.15, -0.1) is 0 Å². The van der Waals surface area contributed by atoms with Gasteiger partial charge in [-0.05, 0) is 64.6 Å². The molecule has 12 atom stereocenters. The second-order valence-electron chi connectivity index (χ2n) is 33.6. The van der Waals surface area contributed by atoms with Gasteiger partial charge >= 0.3 is 13.8 Å². The van der Waals surface area contributed by atoms with Crippen molar-refractivity contribution in [1.82, 2.24) is 10.6 Å². The maximum Gasteiger partial charge on any atom is 0.475 e. The minimum Gasteiger partial charge on any atom is -0.462 e. The molecule has 0 aromatic heterocycles. The molecule has 0 bridgehead atoms. The molecule has 1 unspecified atom stereocenters. The Morgan fingerprint density at radius 2 is 0.790 bits per heavy atom. The first kappa shape index (κ1) is 100. The molecule has 7 aromatic rings. The zero-order valence-corrected chi connectivity index (χ0v) is 75.2. The van der Waals surface area contributed by atoms with E-state index in [4.69, 9.17) is 56.2 Å². The van der Waals surface area contributed by atoms with E-state index in [1.165, 1.54) is 89.9 Å². The molecular weight excluding hydrogens is 1580 g/mol. The first-order chi connectivity index (χ1) is 60.9. The quantitative estimate of drug-likeness (QED) is 0.0157. The highest BCUT2D eigenvalue weighted by molar-refractivity contribution is 7.48. The lowest BCUT2D eigenvalue weighted by atomic mass is 9.80. The van der Waals surface area contributed by atoms with E-state index in [1.54, 1.807) is 0 Å². The monoisotopic (exact) mass is 1730 g/mol. The summed E-state index contributed by atoms with van der Waals surface area (Å²) >= 11 is 0. The second kappa shape index (κ2) is 59.7. The summed E-state index contributed by atoms with van der Waals surface area (Å²) in [7, 11) is -4.80. The number of aliphatic hydroxyl groups is 2. The summed E-state index contributed by atoms with van der Waals surface area (Å²) in [5, 5.41) is 31.2. The number of benzene rings is 7. The van der Waals surface area contributed by atoms with Crippen LogP contribution in [0.2, 0.25) is 0 Å². The molecule has 124 heavy (non-hydrogen) atoms. The molecule has 2 heterocycles. The van der Waals surface area contributed by atoms with Crippen LogP contribution in [0.1, 0.15) is 272 Å². The van der Waals surface area contributed by atoms with Crippen LogP contribution in [0.15, 0.2) is 212 Å². The van der Waals surface area contributed by atoms with Crippen molar-refractivity contribution in [2.45, 2.75) is 352 Å². The fraction of sp³-hybridized carbons (Fsp3) is 0.563. The number of phosphoric acid groups is 1. The Morgan fingerprint density at radius 1 is 0.411 bits per heavy atom. The van der Waals surface area contributed by atoms with E-state index in [-0.39, 0.29) is 84.5 Å². The SMILES string of the molecule is CCCCCCCCCCCC(=O)O[C@H](CCCCCCCCCCC)CC(=O)N[C@H]1[C@H](OC[C@H]2O[C@H](O)C(CCO)(NC(=O)C[C@@H](CCCCCCCCCCC)OCc3ccccc3)[C@@H](OCc3ccccc3)[C@@H]2OCc2ccccc2)O[C@H](COCc2ccccc2)[C@@H](OP(=O)(OCc2ccccc2)OCc2ccccc2)[C@@H]1OCc1ccccc1. The largest absolute Gasteiger partial charge is 0.475 e. The molecule has 21 heteroatoms. The van der Waals surface area contributed by atoms with Gasteiger partial charge in [-0.25, -0.2) is 4.57 Å². The Labute approximate surface area is 740 Å². The molecule has 680 valence electrons. The average Bonchev–Trinajstić information content (AvgIpc) is 0.748. The number of hydrogen-bond acceptors (Lipinski definition) is 18. The van der Waals surface area contributed by atoms with Crippen molar-refractivity contribution in [3.63, 3.8) is 0 Å². The number of nitrogens with one attached hydrogen (secondary N) is 2. The molecule has 20 nitrogen and oxygen atoms in total. The van der Waals surface area contributed by atoms with E-state index >= 15 is 14.2 Å². The van der Waals surface area contributed by atoms with E-state index in [0.29, 0.717) is 36.8 Å². The maximum absolute atomic E-state index is 16.2. The van der Waals surface area contributed by atoms with Crippen molar-refractivity contribution in [2.24, 2.45) is 0 Å². The van der Waals surface area contributed by atoms with Crippen LogP contribution in [0.5, 0.6) is 0 Å². The summed E-state index contributed by atoms with van der Waals surface area (Å²) < 4.78 is 99.0. The van der Waals surface area contributed by atoms with Crippen LogP contribution >= 0.6 is 7.82 Å². The minimum absolute atomic E-state index is 0.0134. The molecule has 2 aliphatic heterocycles. The number of hydrogen-bond donors (Lipinski definition) is 4. The number of rotatable bonds is 66. The third-order valence-corrected chi connectivity index (χ3v) is 24.8. The molecule has 7 aromatic carbocycles. The number of unbranched alkanes of at least 4 members (excludes halogenated alkanes) is 24. The summed E-state index contributed by atoms with van der Waals surface area (Å²) in [5.41, 5.74) is 3.58. The Bertz CT molecular complexity index is 3910. The lowest BCUT2D eigenvalue weighted by Gasteiger charge is -2.53. The van der Waals surface area contributed by atoms with Crippen LogP contribution in [0.25, 0.3) is 0 Å². The molecular formula is C103H145N2O18P. The van der Waals surface area contributed by atoms with Gasteiger partial charge in [0, 0.05) is 19.4 Å². The van der Waals surface area contributed by atoms with Gasteiger partial charge < -0.3 is 63.5 Å². The van der Waals surface area contributed by atoms with Crippen molar-refractivity contribution in [2.75, 3.05) is 19.8 Å². The number of aliphatic hydroxyl groups excluding tert-OH is 2. The van der Waals surface area contributed by atoms with Gasteiger partial charge in [0.05, 0.1) is 78.4 Å². The zero-order chi connectivity index (χ0) is 87.2. The van der Waals surface area contributed by atoms with Gasteiger partial charge in [0.15, 0.2) is 12.6 Å². The van der Waals surface area contributed by atoms with E-state index in [1.807, 2.05) is 212 Å². The van der Waals surface area contributed by atoms with Crippen molar-refractivity contribution in [3.8, 4) is 0 Å². The highest BCUT2D eigenvalue weighted by Crippen LogP contribution is 2.54. The van der Waals surface area contributed by atoms with Crippen molar-refractivity contribution in [1.29, 1.82) is 0 Å². The fourth-order valence-corrected chi connectivity index (χ4v) is 17.7. The number of amides is 2. The van der Waals surface area contributed by atoms with Gasteiger partial charge in [0.25, 0.3) is 0 Å². The van der Waals surface area contributed by atoms with Gasteiger partial charge in [-0.3, -0.25) is 28.0 Å². The number of phosphoric ester groups is 1. The van der Waals surface area contributed by atoms with Gasteiger partial charge in [-0.2, -0.15) is 0 Å². The van der Waals surface area contributed by atoms with Crippen LogP contribution < -0.4 is 10.6 Å². The topological polar surface area (TPSA) is 244 Å². The minimum atomic E-state index is -4.80. The third kappa shape index (κ3) is 37.5. The van der Waals surface area contributed by atoms with Gasteiger partial charge in [-0.1, -0.05) is 394 Å². The van der Waals surface area contributed by atoms with Crippen LogP contribution in [-0.2, 0) is 121 Å². The lowest BCUT2D eigenvalue weighted by Crippen LogP contribution is -2.74. The number of carbonyl (C=O) groups is 3. The highest BCUT2D eigenvalue weighted by Gasteiger charge is 2.59. The van der Waals surface area contributed by atoms with Crippen LogP contribution in [-0.4, -0.2) is 121 Å².